The van der Waals surface area contributed by atoms with Crippen molar-refractivity contribution < 1.29 is 14.1 Å². The van der Waals surface area contributed by atoms with Gasteiger partial charge in [-0.1, -0.05) is 6.07 Å². The molecule has 0 fully saturated rings. The van der Waals surface area contributed by atoms with Crippen LogP contribution in [-0.2, 0) is 15.6 Å². The lowest BCUT2D eigenvalue weighted by Crippen LogP contribution is -2.15. The fraction of sp³-hybridized carbons (Fsp3) is 0.300. The Bertz CT molecular complexity index is 461. The molecule has 86 valence electrons. The van der Waals surface area contributed by atoms with E-state index < -0.39 is 22.8 Å². The van der Waals surface area contributed by atoms with E-state index in [1.165, 1.54) is 0 Å². The molecule has 1 aromatic carbocycles. The van der Waals surface area contributed by atoms with Gasteiger partial charge in [0.1, 0.15) is 0 Å². The third kappa shape index (κ3) is 2.07. The molecule has 2 unspecified atom stereocenters. The maximum Gasteiger partial charge on any atom is 0.305 e. The van der Waals surface area contributed by atoms with Gasteiger partial charge in [0.25, 0.3) is 0 Å². The summed E-state index contributed by atoms with van der Waals surface area (Å²) < 4.78 is 11.4. The number of rotatable bonds is 3. The summed E-state index contributed by atoms with van der Waals surface area (Å²) in [5.41, 5.74) is 7.27. The van der Waals surface area contributed by atoms with E-state index in [9.17, 15) is 9.00 Å². The van der Waals surface area contributed by atoms with Crippen molar-refractivity contribution in [1.82, 2.24) is 0 Å². The molecule has 1 heterocycles. The van der Waals surface area contributed by atoms with Gasteiger partial charge in [-0.05, 0) is 17.7 Å². The van der Waals surface area contributed by atoms with Crippen LogP contribution in [0, 0.1) is 0 Å². The first-order chi connectivity index (χ1) is 7.58. The Kier molecular flexibility index (Phi) is 2.93. The summed E-state index contributed by atoms with van der Waals surface area (Å²) in [6.45, 7) is 0. The van der Waals surface area contributed by atoms with Gasteiger partial charge in [-0.15, -0.1) is 0 Å². The summed E-state index contributed by atoms with van der Waals surface area (Å²) in [6.07, 6.45) is -0.109. The molecule has 0 saturated carbocycles. The van der Waals surface area contributed by atoms with Crippen LogP contribution >= 0.6 is 0 Å². The first kappa shape index (κ1) is 11.1. The van der Waals surface area contributed by atoms with Crippen molar-refractivity contribution in [3.8, 4) is 0 Å². The van der Waals surface area contributed by atoms with Gasteiger partial charge in [-0.3, -0.25) is 9.00 Å². The van der Waals surface area contributed by atoms with Crippen LogP contribution in [0.2, 0.25) is 0 Å². The summed E-state index contributed by atoms with van der Waals surface area (Å²) in [6, 6.07) is 4.71. The highest BCUT2D eigenvalue weighted by Crippen LogP contribution is 2.29. The van der Waals surface area contributed by atoms with Crippen LogP contribution in [-0.4, -0.2) is 21.2 Å². The lowest BCUT2D eigenvalue weighted by molar-refractivity contribution is -0.137. The highest BCUT2D eigenvalue weighted by atomic mass is 32.2. The van der Waals surface area contributed by atoms with Crippen molar-refractivity contribution in [2.24, 2.45) is 5.73 Å². The molecule has 0 spiro atoms. The summed E-state index contributed by atoms with van der Waals surface area (Å²) in [5, 5.41) is 11.6. The standard InChI is InChI=1S/C10H12N2O3S/c11-7(4-10(13)14)6-1-2-9-8(3-6)12-5-16(9)15/h1-3,7,12H,4-5,11H2,(H,13,14). The van der Waals surface area contributed by atoms with Gasteiger partial charge < -0.3 is 16.2 Å². The highest BCUT2D eigenvalue weighted by Gasteiger charge is 2.19. The maximum atomic E-state index is 11.4. The van der Waals surface area contributed by atoms with E-state index in [1.807, 2.05) is 0 Å². The Morgan fingerprint density at radius 2 is 2.38 bits per heavy atom. The zero-order valence-electron chi connectivity index (χ0n) is 8.47. The minimum absolute atomic E-state index is 0.109. The third-order valence-corrected chi connectivity index (χ3v) is 3.72. The average molecular weight is 240 g/mol. The van der Waals surface area contributed by atoms with Crippen molar-refractivity contribution in [3.63, 3.8) is 0 Å². The second kappa shape index (κ2) is 4.23. The number of nitrogens with two attached hydrogens (primary N) is 1. The molecule has 0 radical (unpaired) electrons. The lowest BCUT2D eigenvalue weighted by atomic mass is 10.0. The molecule has 1 aliphatic rings. The third-order valence-electron chi connectivity index (χ3n) is 2.47. The predicted octanol–water partition coefficient (Wildman–Crippen LogP) is 0.652. The quantitative estimate of drug-likeness (QED) is 0.721. The molecule has 2 rings (SSSR count). The summed E-state index contributed by atoms with van der Waals surface area (Å²) in [7, 11) is -0.998. The Balaban J connectivity index is 2.25. The zero-order valence-corrected chi connectivity index (χ0v) is 9.29. The number of aliphatic carboxylic acids is 1. The SMILES string of the molecule is NC(CC(=O)O)c1ccc2c(c1)NCS2=O. The molecule has 0 amide bonds. The first-order valence-corrected chi connectivity index (χ1v) is 6.13. The van der Waals surface area contributed by atoms with Gasteiger partial charge in [-0.25, -0.2) is 0 Å². The van der Waals surface area contributed by atoms with Crippen molar-refractivity contribution in [3.05, 3.63) is 23.8 Å². The molecule has 1 aromatic rings. The average Bonchev–Trinajstić information content (AvgIpc) is 2.59. The van der Waals surface area contributed by atoms with Crippen LogP contribution in [0.5, 0.6) is 0 Å². The molecule has 0 saturated heterocycles. The molecule has 16 heavy (non-hydrogen) atoms. The van der Waals surface area contributed by atoms with E-state index in [1.54, 1.807) is 18.2 Å². The number of hydrogen-bond donors (Lipinski definition) is 3. The van der Waals surface area contributed by atoms with Crippen LogP contribution in [0.1, 0.15) is 18.0 Å². The second-order valence-electron chi connectivity index (χ2n) is 3.63. The van der Waals surface area contributed by atoms with E-state index in [2.05, 4.69) is 5.32 Å². The number of hydrogen-bond acceptors (Lipinski definition) is 4. The van der Waals surface area contributed by atoms with Gasteiger partial charge >= 0.3 is 5.97 Å². The molecule has 4 N–H and O–H groups in total. The van der Waals surface area contributed by atoms with Gasteiger partial charge in [0.2, 0.25) is 0 Å². The number of benzene rings is 1. The smallest absolute Gasteiger partial charge is 0.305 e. The molecule has 0 aromatic heterocycles. The number of anilines is 1. The molecular formula is C10H12N2O3S. The fourth-order valence-corrected chi connectivity index (χ4v) is 2.68. The van der Waals surface area contributed by atoms with Gasteiger partial charge in [0.15, 0.2) is 0 Å². The van der Waals surface area contributed by atoms with E-state index in [0.29, 0.717) is 5.88 Å². The molecule has 0 aliphatic carbocycles. The summed E-state index contributed by atoms with van der Waals surface area (Å²) in [4.78, 5) is 11.3. The van der Waals surface area contributed by atoms with Gasteiger partial charge in [-0.2, -0.15) is 0 Å². The number of carboxylic acid groups (broad SMARTS) is 1. The van der Waals surface area contributed by atoms with E-state index in [4.69, 9.17) is 10.8 Å². The van der Waals surface area contributed by atoms with Crippen molar-refractivity contribution in [1.29, 1.82) is 0 Å². The van der Waals surface area contributed by atoms with Gasteiger partial charge in [0.05, 0.1) is 33.7 Å². The number of carbonyl (C=O) groups is 1. The number of fused-ring (bicyclic) bond motifs is 1. The van der Waals surface area contributed by atoms with Crippen LogP contribution < -0.4 is 11.1 Å². The number of nitrogens with one attached hydrogen (secondary N) is 1. The fourth-order valence-electron chi connectivity index (χ4n) is 1.64. The monoisotopic (exact) mass is 240 g/mol. The maximum absolute atomic E-state index is 11.4. The normalized spacial score (nSPS) is 19.9. The second-order valence-corrected chi connectivity index (χ2v) is 5.05. The molecule has 6 heteroatoms. The van der Waals surface area contributed by atoms with Crippen LogP contribution in [0.25, 0.3) is 0 Å². The topological polar surface area (TPSA) is 92.4 Å². The minimum atomic E-state index is -0.998. The zero-order chi connectivity index (χ0) is 11.7. The number of carboxylic acids is 1. The van der Waals surface area contributed by atoms with E-state index in [0.717, 1.165) is 16.1 Å². The predicted molar refractivity (Wildman–Crippen MR) is 60.5 cm³/mol. The van der Waals surface area contributed by atoms with Crippen molar-refractivity contribution in [2.75, 3.05) is 11.2 Å². The molecule has 0 bridgehead atoms. The van der Waals surface area contributed by atoms with Crippen LogP contribution in [0.3, 0.4) is 0 Å². The van der Waals surface area contributed by atoms with E-state index in [-0.39, 0.29) is 6.42 Å². The Labute approximate surface area is 95.1 Å². The minimum Gasteiger partial charge on any atom is -0.481 e. The molecular weight excluding hydrogens is 228 g/mol. The van der Waals surface area contributed by atoms with Crippen LogP contribution in [0.4, 0.5) is 5.69 Å². The van der Waals surface area contributed by atoms with Crippen molar-refractivity contribution >= 4 is 22.5 Å². The summed E-state index contributed by atoms with van der Waals surface area (Å²) >= 11 is 0. The Morgan fingerprint density at radius 1 is 1.62 bits per heavy atom. The lowest BCUT2D eigenvalue weighted by Gasteiger charge is -2.10. The Morgan fingerprint density at radius 3 is 3.06 bits per heavy atom. The highest BCUT2D eigenvalue weighted by molar-refractivity contribution is 7.85. The molecule has 1 aliphatic heterocycles. The molecule has 5 nitrogen and oxygen atoms in total. The Hall–Kier alpha value is -1.40. The summed E-state index contributed by atoms with van der Waals surface area (Å²) in [5.74, 6) is -0.517. The van der Waals surface area contributed by atoms with E-state index >= 15 is 0 Å². The largest absolute Gasteiger partial charge is 0.481 e. The molecule has 2 atom stereocenters. The first-order valence-electron chi connectivity index (χ1n) is 4.81. The van der Waals surface area contributed by atoms with Crippen molar-refractivity contribution in [2.45, 2.75) is 17.4 Å². The van der Waals surface area contributed by atoms with Crippen LogP contribution in [0.15, 0.2) is 23.1 Å². The van der Waals surface area contributed by atoms with Gasteiger partial charge in [0, 0.05) is 6.04 Å².